The third kappa shape index (κ3) is 4.49. The van der Waals surface area contributed by atoms with Crippen LogP contribution in [0.15, 0.2) is 54.6 Å². The zero-order chi connectivity index (χ0) is 18.4. The van der Waals surface area contributed by atoms with Crippen LogP contribution >= 0.6 is 0 Å². The van der Waals surface area contributed by atoms with Gasteiger partial charge in [0.25, 0.3) is 0 Å². The topological polar surface area (TPSA) is 75.6 Å². The molecule has 1 aliphatic rings. The van der Waals surface area contributed by atoms with E-state index in [-0.39, 0.29) is 30.0 Å². The summed E-state index contributed by atoms with van der Waals surface area (Å²) in [6, 6.07) is 16.5. The number of carboxylic acid groups (broad SMARTS) is 1. The van der Waals surface area contributed by atoms with Crippen molar-refractivity contribution in [3.8, 4) is 0 Å². The van der Waals surface area contributed by atoms with Gasteiger partial charge >= 0.3 is 5.97 Å². The van der Waals surface area contributed by atoms with Gasteiger partial charge in [-0.3, -0.25) is 4.79 Å². The van der Waals surface area contributed by atoms with E-state index in [1.54, 1.807) is 24.3 Å². The molecule has 0 saturated carbocycles. The first-order valence-electron chi connectivity index (χ1n) is 8.92. The van der Waals surface area contributed by atoms with Crippen LogP contribution in [0.3, 0.4) is 0 Å². The fraction of sp³-hybridized carbons (Fsp3) is 0.333. The summed E-state index contributed by atoms with van der Waals surface area (Å²) in [6.07, 6.45) is 2.52. The van der Waals surface area contributed by atoms with Crippen LogP contribution in [0.2, 0.25) is 0 Å². The first-order valence-corrected chi connectivity index (χ1v) is 8.92. The van der Waals surface area contributed by atoms with Crippen molar-refractivity contribution in [2.24, 2.45) is 0 Å². The molecule has 26 heavy (non-hydrogen) atoms. The van der Waals surface area contributed by atoms with Crippen molar-refractivity contribution in [1.29, 1.82) is 0 Å². The largest absolute Gasteiger partial charge is 0.478 e. The Hall–Kier alpha value is -2.66. The second-order valence-corrected chi connectivity index (χ2v) is 6.47. The lowest BCUT2D eigenvalue weighted by Crippen LogP contribution is -2.36. The van der Waals surface area contributed by atoms with E-state index in [2.05, 4.69) is 5.32 Å². The summed E-state index contributed by atoms with van der Waals surface area (Å²) in [6.45, 7) is 0.718. The smallest absolute Gasteiger partial charge is 0.335 e. The van der Waals surface area contributed by atoms with Crippen molar-refractivity contribution in [2.75, 3.05) is 6.61 Å². The van der Waals surface area contributed by atoms with Crippen LogP contribution in [0.4, 0.5) is 0 Å². The van der Waals surface area contributed by atoms with Gasteiger partial charge in [-0.05, 0) is 36.5 Å². The van der Waals surface area contributed by atoms with E-state index in [1.807, 2.05) is 30.3 Å². The number of aryl methyl sites for hydroxylation is 1. The Labute approximate surface area is 153 Å². The molecule has 1 amide bonds. The Morgan fingerprint density at radius 2 is 1.85 bits per heavy atom. The number of carboxylic acids is 1. The Morgan fingerprint density at radius 1 is 1.12 bits per heavy atom. The first kappa shape index (κ1) is 18.1. The number of carbonyl (C=O) groups is 2. The molecule has 5 nitrogen and oxygen atoms in total. The molecule has 136 valence electrons. The SMILES string of the molecule is O=C(CCc1ccccc1C(=O)O)NC(c1ccccc1)C1CCCO1. The molecule has 0 radical (unpaired) electrons. The van der Waals surface area contributed by atoms with Gasteiger partial charge in [0.15, 0.2) is 0 Å². The number of ether oxygens (including phenoxy) is 1. The van der Waals surface area contributed by atoms with Gasteiger partial charge in [0.1, 0.15) is 0 Å². The summed E-state index contributed by atoms with van der Waals surface area (Å²) in [4.78, 5) is 23.8. The number of rotatable bonds is 7. The van der Waals surface area contributed by atoms with Crippen molar-refractivity contribution in [3.05, 3.63) is 71.3 Å². The highest BCUT2D eigenvalue weighted by atomic mass is 16.5. The van der Waals surface area contributed by atoms with Gasteiger partial charge in [-0.25, -0.2) is 4.79 Å². The monoisotopic (exact) mass is 353 g/mol. The van der Waals surface area contributed by atoms with Crippen molar-refractivity contribution >= 4 is 11.9 Å². The molecule has 1 aliphatic heterocycles. The van der Waals surface area contributed by atoms with Crippen molar-refractivity contribution in [2.45, 2.75) is 37.8 Å². The second kappa shape index (κ2) is 8.63. The number of carbonyl (C=O) groups excluding carboxylic acids is 1. The summed E-state index contributed by atoms with van der Waals surface area (Å²) in [5, 5.41) is 12.3. The summed E-state index contributed by atoms with van der Waals surface area (Å²) >= 11 is 0. The summed E-state index contributed by atoms with van der Waals surface area (Å²) in [7, 11) is 0. The number of nitrogens with one attached hydrogen (secondary N) is 1. The molecule has 5 heteroatoms. The quantitative estimate of drug-likeness (QED) is 0.800. The second-order valence-electron chi connectivity index (χ2n) is 6.47. The minimum atomic E-state index is -0.970. The lowest BCUT2D eigenvalue weighted by molar-refractivity contribution is -0.122. The lowest BCUT2D eigenvalue weighted by Gasteiger charge is -2.25. The van der Waals surface area contributed by atoms with Gasteiger partial charge in [0, 0.05) is 13.0 Å². The highest BCUT2D eigenvalue weighted by Gasteiger charge is 2.28. The van der Waals surface area contributed by atoms with Gasteiger partial charge < -0.3 is 15.2 Å². The number of hydrogen-bond acceptors (Lipinski definition) is 3. The molecule has 2 N–H and O–H groups in total. The Balaban J connectivity index is 1.66. The van der Waals surface area contributed by atoms with E-state index in [4.69, 9.17) is 4.74 Å². The first-order chi connectivity index (χ1) is 12.6. The van der Waals surface area contributed by atoms with Crippen molar-refractivity contribution in [3.63, 3.8) is 0 Å². The fourth-order valence-corrected chi connectivity index (χ4v) is 3.36. The molecular formula is C21H23NO4. The average molecular weight is 353 g/mol. The number of aromatic carboxylic acids is 1. The van der Waals surface area contributed by atoms with Crippen molar-refractivity contribution in [1.82, 2.24) is 5.32 Å². The molecule has 0 bridgehead atoms. The van der Waals surface area contributed by atoms with E-state index in [0.29, 0.717) is 12.0 Å². The van der Waals surface area contributed by atoms with E-state index in [1.165, 1.54) is 0 Å². The maximum Gasteiger partial charge on any atom is 0.335 e. The Kier molecular flexibility index (Phi) is 6.02. The number of benzene rings is 2. The van der Waals surface area contributed by atoms with E-state index >= 15 is 0 Å². The molecule has 2 aromatic rings. The molecule has 2 unspecified atom stereocenters. The van der Waals surface area contributed by atoms with Crippen LogP contribution in [0.1, 0.15) is 46.8 Å². The molecule has 1 heterocycles. The maximum atomic E-state index is 12.5. The van der Waals surface area contributed by atoms with Gasteiger partial charge in [0.05, 0.1) is 17.7 Å². The Bertz CT molecular complexity index is 754. The highest BCUT2D eigenvalue weighted by Crippen LogP contribution is 2.27. The van der Waals surface area contributed by atoms with Gasteiger partial charge in [-0.15, -0.1) is 0 Å². The van der Waals surface area contributed by atoms with E-state index < -0.39 is 5.97 Å². The summed E-state index contributed by atoms with van der Waals surface area (Å²) in [5.41, 5.74) is 1.95. The molecular weight excluding hydrogens is 330 g/mol. The Morgan fingerprint density at radius 3 is 2.54 bits per heavy atom. The molecule has 3 rings (SSSR count). The predicted octanol–water partition coefficient (Wildman–Crippen LogP) is 3.35. The van der Waals surface area contributed by atoms with Crippen LogP contribution in [0, 0.1) is 0 Å². The van der Waals surface area contributed by atoms with Crippen LogP contribution in [0.5, 0.6) is 0 Å². The third-order valence-corrected chi connectivity index (χ3v) is 4.68. The van der Waals surface area contributed by atoms with Crippen LogP contribution in [-0.4, -0.2) is 29.7 Å². The standard InChI is InChI=1S/C21H23NO4/c23-19(13-12-15-7-4-5-10-17(15)21(24)25)22-20(18-11-6-14-26-18)16-8-2-1-3-9-16/h1-5,7-10,18,20H,6,11-14H2,(H,22,23)(H,24,25). The number of hydrogen-bond donors (Lipinski definition) is 2. The van der Waals surface area contributed by atoms with E-state index in [0.717, 1.165) is 25.0 Å². The molecule has 0 spiro atoms. The highest BCUT2D eigenvalue weighted by molar-refractivity contribution is 5.89. The lowest BCUT2D eigenvalue weighted by atomic mass is 9.98. The summed E-state index contributed by atoms with van der Waals surface area (Å²) < 4.78 is 5.79. The predicted molar refractivity (Wildman–Crippen MR) is 98.0 cm³/mol. The van der Waals surface area contributed by atoms with Crippen LogP contribution in [0.25, 0.3) is 0 Å². The third-order valence-electron chi connectivity index (χ3n) is 4.68. The zero-order valence-electron chi connectivity index (χ0n) is 14.6. The molecule has 2 atom stereocenters. The van der Waals surface area contributed by atoms with Gasteiger partial charge in [0.2, 0.25) is 5.91 Å². The van der Waals surface area contributed by atoms with Gasteiger partial charge in [-0.1, -0.05) is 48.5 Å². The molecule has 1 saturated heterocycles. The van der Waals surface area contributed by atoms with Gasteiger partial charge in [-0.2, -0.15) is 0 Å². The molecule has 0 aliphatic carbocycles. The molecule has 0 aromatic heterocycles. The normalized spacial score (nSPS) is 17.6. The molecule has 2 aromatic carbocycles. The molecule has 1 fully saturated rings. The summed E-state index contributed by atoms with van der Waals surface area (Å²) in [5.74, 6) is -1.07. The van der Waals surface area contributed by atoms with Crippen LogP contribution in [-0.2, 0) is 16.0 Å². The fourth-order valence-electron chi connectivity index (χ4n) is 3.36. The minimum Gasteiger partial charge on any atom is -0.478 e. The van der Waals surface area contributed by atoms with Crippen LogP contribution < -0.4 is 5.32 Å². The maximum absolute atomic E-state index is 12.5. The average Bonchev–Trinajstić information content (AvgIpc) is 3.19. The zero-order valence-corrected chi connectivity index (χ0v) is 14.6. The van der Waals surface area contributed by atoms with Crippen molar-refractivity contribution < 1.29 is 19.4 Å². The minimum absolute atomic E-state index is 0.0207. The number of amides is 1. The van der Waals surface area contributed by atoms with E-state index in [9.17, 15) is 14.7 Å².